The fourth-order valence-corrected chi connectivity index (χ4v) is 2.73. The third kappa shape index (κ3) is 5.81. The van der Waals surface area contributed by atoms with Gasteiger partial charge in [-0.2, -0.15) is 0 Å². The van der Waals surface area contributed by atoms with Gasteiger partial charge in [-0.1, -0.05) is 0 Å². The van der Waals surface area contributed by atoms with Gasteiger partial charge in [-0.15, -0.1) is 0 Å². The Morgan fingerprint density at radius 1 is 1.03 bits per heavy atom. The van der Waals surface area contributed by atoms with Crippen LogP contribution in [0.5, 0.6) is 17.4 Å². The predicted molar refractivity (Wildman–Crippen MR) is 120 cm³/mol. The maximum atomic E-state index is 12.1. The maximum absolute atomic E-state index is 12.1. The number of hydrogen-bond acceptors (Lipinski definition) is 7. The van der Waals surface area contributed by atoms with Gasteiger partial charge in [0.2, 0.25) is 11.8 Å². The molecule has 3 N–H and O–H groups in total. The van der Waals surface area contributed by atoms with Crippen LogP contribution < -0.4 is 25.4 Å². The van der Waals surface area contributed by atoms with Crippen molar-refractivity contribution in [1.29, 1.82) is 0 Å². The molecule has 2 amide bonds. The lowest BCUT2D eigenvalue weighted by molar-refractivity contribution is 0.244. The standard InChI is InChI=1S/C22H26N6O3/c1-22(2,3)28-21(29)26-14-8-9-17(18(13-14)30-5)31-19-15(7-6-11-24-19)16-10-12-25-20(23-4)27-16/h6-13H,1-5H3,(H,23,25,27)(H2,26,28,29). The average molecular weight is 422 g/mol. The van der Waals surface area contributed by atoms with E-state index in [1.54, 1.807) is 49.8 Å². The zero-order chi connectivity index (χ0) is 22.4. The van der Waals surface area contributed by atoms with Gasteiger partial charge in [-0.25, -0.2) is 19.7 Å². The number of ether oxygens (including phenoxy) is 2. The van der Waals surface area contributed by atoms with Crippen LogP contribution in [0.3, 0.4) is 0 Å². The number of nitrogens with zero attached hydrogens (tertiary/aromatic N) is 3. The van der Waals surface area contributed by atoms with Gasteiger partial charge < -0.3 is 25.4 Å². The third-order valence-electron chi connectivity index (χ3n) is 4.04. The number of pyridine rings is 1. The number of carbonyl (C=O) groups is 1. The first-order valence-corrected chi connectivity index (χ1v) is 9.70. The molecule has 9 nitrogen and oxygen atoms in total. The molecule has 0 radical (unpaired) electrons. The first kappa shape index (κ1) is 21.8. The summed E-state index contributed by atoms with van der Waals surface area (Å²) < 4.78 is 11.5. The third-order valence-corrected chi connectivity index (χ3v) is 4.04. The van der Waals surface area contributed by atoms with Gasteiger partial charge in [-0.05, 0) is 51.1 Å². The van der Waals surface area contributed by atoms with Crippen LogP contribution in [0.4, 0.5) is 16.4 Å². The molecule has 0 atom stereocenters. The summed E-state index contributed by atoms with van der Waals surface area (Å²) in [7, 11) is 3.28. The maximum Gasteiger partial charge on any atom is 0.319 e. The van der Waals surface area contributed by atoms with Crippen molar-refractivity contribution in [2.45, 2.75) is 26.3 Å². The van der Waals surface area contributed by atoms with Crippen molar-refractivity contribution in [2.24, 2.45) is 0 Å². The van der Waals surface area contributed by atoms with Crippen molar-refractivity contribution in [3.63, 3.8) is 0 Å². The molecule has 3 rings (SSSR count). The summed E-state index contributed by atoms with van der Waals surface area (Å²) in [5.74, 6) is 1.76. The highest BCUT2D eigenvalue weighted by atomic mass is 16.5. The van der Waals surface area contributed by atoms with Crippen LogP contribution in [0.1, 0.15) is 20.8 Å². The lowest BCUT2D eigenvalue weighted by Gasteiger charge is -2.21. The monoisotopic (exact) mass is 422 g/mol. The molecule has 9 heteroatoms. The predicted octanol–water partition coefficient (Wildman–Crippen LogP) is 4.30. The molecule has 0 saturated heterocycles. The summed E-state index contributed by atoms with van der Waals surface area (Å²) in [5.41, 5.74) is 1.59. The minimum Gasteiger partial charge on any atom is -0.493 e. The van der Waals surface area contributed by atoms with E-state index in [1.165, 1.54) is 7.11 Å². The molecule has 0 spiro atoms. The van der Waals surface area contributed by atoms with E-state index in [4.69, 9.17) is 9.47 Å². The van der Waals surface area contributed by atoms with Gasteiger partial charge in [0.05, 0.1) is 18.4 Å². The second kappa shape index (κ2) is 9.29. The molecule has 1 aromatic carbocycles. The molecule has 3 aromatic rings. The molecule has 0 fully saturated rings. The van der Waals surface area contributed by atoms with Crippen molar-refractivity contribution in [1.82, 2.24) is 20.3 Å². The summed E-state index contributed by atoms with van der Waals surface area (Å²) >= 11 is 0. The molecular formula is C22H26N6O3. The number of anilines is 2. The van der Waals surface area contributed by atoms with Crippen LogP contribution in [-0.2, 0) is 0 Å². The van der Waals surface area contributed by atoms with Gasteiger partial charge in [-0.3, -0.25) is 0 Å². The lowest BCUT2D eigenvalue weighted by atomic mass is 10.1. The minimum atomic E-state index is -0.346. The van der Waals surface area contributed by atoms with Gasteiger partial charge >= 0.3 is 6.03 Å². The zero-order valence-electron chi connectivity index (χ0n) is 18.2. The quantitative estimate of drug-likeness (QED) is 0.543. The number of aromatic nitrogens is 3. The molecule has 0 aliphatic heterocycles. The Morgan fingerprint density at radius 3 is 2.55 bits per heavy atom. The summed E-state index contributed by atoms with van der Waals surface area (Å²) in [6.45, 7) is 5.73. The SMILES string of the molecule is CNc1nccc(-c2cccnc2Oc2ccc(NC(=O)NC(C)(C)C)cc2OC)n1. The van der Waals surface area contributed by atoms with Crippen LogP contribution in [0.2, 0.25) is 0 Å². The lowest BCUT2D eigenvalue weighted by Crippen LogP contribution is -2.43. The first-order chi connectivity index (χ1) is 14.8. The molecule has 0 unspecified atom stereocenters. The van der Waals surface area contributed by atoms with Gasteiger partial charge in [0.25, 0.3) is 0 Å². The fourth-order valence-electron chi connectivity index (χ4n) is 2.73. The van der Waals surface area contributed by atoms with E-state index in [9.17, 15) is 4.79 Å². The summed E-state index contributed by atoms with van der Waals surface area (Å²) in [6.07, 6.45) is 3.30. The topological polar surface area (TPSA) is 110 Å². The van der Waals surface area contributed by atoms with E-state index in [2.05, 4.69) is 30.9 Å². The smallest absolute Gasteiger partial charge is 0.319 e. The number of methoxy groups -OCH3 is 1. The van der Waals surface area contributed by atoms with Crippen LogP contribution in [-0.4, -0.2) is 40.7 Å². The highest BCUT2D eigenvalue weighted by Crippen LogP contribution is 2.36. The molecule has 2 heterocycles. The van der Waals surface area contributed by atoms with E-state index in [0.717, 1.165) is 0 Å². The van der Waals surface area contributed by atoms with Gasteiger partial charge in [0.1, 0.15) is 0 Å². The molecule has 0 saturated carbocycles. The van der Waals surface area contributed by atoms with E-state index in [-0.39, 0.29) is 11.6 Å². The summed E-state index contributed by atoms with van der Waals surface area (Å²) in [5, 5.41) is 8.55. The number of nitrogens with one attached hydrogen (secondary N) is 3. The minimum absolute atomic E-state index is 0.306. The second-order valence-electron chi connectivity index (χ2n) is 7.67. The Morgan fingerprint density at radius 2 is 1.84 bits per heavy atom. The van der Waals surface area contributed by atoms with Gasteiger partial charge in [0, 0.05) is 36.7 Å². The fraction of sp³-hybridized carbons (Fsp3) is 0.273. The van der Waals surface area contributed by atoms with E-state index >= 15 is 0 Å². The highest BCUT2D eigenvalue weighted by molar-refractivity contribution is 5.90. The number of amides is 2. The zero-order valence-corrected chi connectivity index (χ0v) is 18.2. The van der Waals surface area contributed by atoms with Crippen LogP contribution in [0.25, 0.3) is 11.3 Å². The Hall–Kier alpha value is -3.88. The van der Waals surface area contributed by atoms with Crippen molar-refractivity contribution in [3.8, 4) is 28.6 Å². The number of benzene rings is 1. The number of urea groups is 1. The summed E-state index contributed by atoms with van der Waals surface area (Å²) in [6, 6.07) is 10.3. The Balaban J connectivity index is 1.86. The average Bonchev–Trinajstić information content (AvgIpc) is 2.74. The van der Waals surface area contributed by atoms with Crippen molar-refractivity contribution >= 4 is 17.7 Å². The Bertz CT molecular complexity index is 1070. The van der Waals surface area contributed by atoms with Gasteiger partial charge in [0.15, 0.2) is 11.5 Å². The largest absolute Gasteiger partial charge is 0.493 e. The van der Waals surface area contributed by atoms with E-state index in [0.29, 0.717) is 40.3 Å². The van der Waals surface area contributed by atoms with Crippen LogP contribution in [0, 0.1) is 0 Å². The van der Waals surface area contributed by atoms with Crippen molar-refractivity contribution < 1.29 is 14.3 Å². The molecule has 162 valence electrons. The van der Waals surface area contributed by atoms with Crippen LogP contribution >= 0.6 is 0 Å². The second-order valence-corrected chi connectivity index (χ2v) is 7.67. The number of hydrogen-bond donors (Lipinski definition) is 3. The normalized spacial score (nSPS) is 10.9. The highest BCUT2D eigenvalue weighted by Gasteiger charge is 2.16. The van der Waals surface area contributed by atoms with E-state index in [1.807, 2.05) is 26.8 Å². The molecule has 31 heavy (non-hydrogen) atoms. The first-order valence-electron chi connectivity index (χ1n) is 9.70. The number of rotatable bonds is 6. The van der Waals surface area contributed by atoms with Crippen molar-refractivity contribution in [2.75, 3.05) is 24.8 Å². The Kier molecular flexibility index (Phi) is 6.54. The van der Waals surface area contributed by atoms with E-state index < -0.39 is 0 Å². The van der Waals surface area contributed by atoms with Crippen LogP contribution in [0.15, 0.2) is 48.8 Å². The number of carbonyl (C=O) groups excluding carboxylic acids is 1. The molecule has 0 aliphatic rings. The Labute approximate surface area is 181 Å². The van der Waals surface area contributed by atoms with Crippen molar-refractivity contribution in [3.05, 3.63) is 48.8 Å². The molecule has 0 bridgehead atoms. The summed E-state index contributed by atoms with van der Waals surface area (Å²) in [4.78, 5) is 25.1. The molecule has 0 aliphatic carbocycles. The molecular weight excluding hydrogens is 396 g/mol. The molecule has 2 aromatic heterocycles.